The molecule has 0 aliphatic heterocycles. The summed E-state index contributed by atoms with van der Waals surface area (Å²) in [4.78, 5) is 21.6. The van der Waals surface area contributed by atoms with Gasteiger partial charge in [-0.25, -0.2) is 9.97 Å². The molecule has 0 saturated heterocycles. The van der Waals surface area contributed by atoms with E-state index >= 15 is 0 Å². The zero-order valence-electron chi connectivity index (χ0n) is 18.8. The zero-order valence-corrected chi connectivity index (χ0v) is 18.8. The Kier molecular flexibility index (Phi) is 6.73. The van der Waals surface area contributed by atoms with Crippen molar-refractivity contribution in [3.63, 3.8) is 0 Å². The summed E-state index contributed by atoms with van der Waals surface area (Å²) in [5.41, 5.74) is 1.73. The number of hydrogen-bond acceptors (Lipinski definition) is 6. The lowest BCUT2D eigenvalue weighted by Gasteiger charge is -2.21. The third kappa shape index (κ3) is 5.06. The van der Waals surface area contributed by atoms with Gasteiger partial charge in [0.1, 0.15) is 23.4 Å². The van der Waals surface area contributed by atoms with Crippen molar-refractivity contribution >= 4 is 5.91 Å². The Labute approximate surface area is 192 Å². The highest BCUT2D eigenvalue weighted by atomic mass is 16.5. The summed E-state index contributed by atoms with van der Waals surface area (Å²) in [6.45, 7) is 0. The summed E-state index contributed by atoms with van der Waals surface area (Å²) in [5, 5.41) is 3.09. The average Bonchev–Trinajstić information content (AvgIpc) is 3.50. The normalized spacial score (nSPS) is 11.7. The van der Waals surface area contributed by atoms with Gasteiger partial charge in [-0.3, -0.25) is 4.79 Å². The van der Waals surface area contributed by atoms with Gasteiger partial charge >= 0.3 is 0 Å². The number of carbonyl (C=O) groups excluding carboxylic acids is 1. The van der Waals surface area contributed by atoms with Crippen LogP contribution in [0, 0.1) is 0 Å². The molecular weight excluding hydrogens is 420 g/mol. The van der Waals surface area contributed by atoms with Crippen LogP contribution in [-0.4, -0.2) is 34.7 Å². The maximum Gasteiger partial charge on any atom is 0.221 e. The van der Waals surface area contributed by atoms with Crippen molar-refractivity contribution in [2.45, 2.75) is 18.9 Å². The van der Waals surface area contributed by atoms with E-state index in [1.807, 2.05) is 66.3 Å². The first-order chi connectivity index (χ1) is 16.1. The lowest BCUT2D eigenvalue weighted by atomic mass is 10.0. The molecule has 1 atom stereocenters. The molecule has 8 heteroatoms. The van der Waals surface area contributed by atoms with E-state index in [-0.39, 0.29) is 12.3 Å². The predicted molar refractivity (Wildman–Crippen MR) is 123 cm³/mol. The molecule has 170 valence electrons. The summed E-state index contributed by atoms with van der Waals surface area (Å²) in [6.07, 6.45) is 5.81. The van der Waals surface area contributed by atoms with Crippen LogP contribution in [0.25, 0.3) is 11.3 Å². The number of aromatic nitrogens is 3. The minimum Gasteiger partial charge on any atom is -0.497 e. The van der Waals surface area contributed by atoms with Crippen molar-refractivity contribution in [3.8, 4) is 22.8 Å². The van der Waals surface area contributed by atoms with Crippen molar-refractivity contribution in [2.75, 3.05) is 14.2 Å². The van der Waals surface area contributed by atoms with E-state index in [0.29, 0.717) is 29.6 Å². The number of para-hydroxylation sites is 1. The topological polar surface area (TPSA) is 91.4 Å². The predicted octanol–water partition coefficient (Wildman–Crippen LogP) is 3.93. The fourth-order valence-electron chi connectivity index (χ4n) is 3.61. The standard InChI is InChI=1S/C25H26N4O4/c1-29-15-14-26-25(29)24(19-6-4-5-7-20(19)32-3)28-22(30)12-13-23-27-16-21(33-23)17-8-10-18(31-2)11-9-17/h4-11,14-16,24H,12-13H2,1-3H3,(H,28,30). The van der Waals surface area contributed by atoms with Gasteiger partial charge in [0.05, 0.1) is 20.4 Å². The molecule has 1 amide bonds. The van der Waals surface area contributed by atoms with E-state index in [2.05, 4.69) is 15.3 Å². The molecule has 8 nitrogen and oxygen atoms in total. The van der Waals surface area contributed by atoms with Crippen LogP contribution in [0.4, 0.5) is 0 Å². The van der Waals surface area contributed by atoms with Crippen LogP contribution in [0.5, 0.6) is 11.5 Å². The Morgan fingerprint density at radius 1 is 1.09 bits per heavy atom. The van der Waals surface area contributed by atoms with Crippen molar-refractivity contribution < 1.29 is 18.7 Å². The van der Waals surface area contributed by atoms with Crippen LogP contribution in [0.3, 0.4) is 0 Å². The molecular formula is C25H26N4O4. The maximum atomic E-state index is 12.9. The highest BCUT2D eigenvalue weighted by Gasteiger charge is 2.24. The van der Waals surface area contributed by atoms with Gasteiger partial charge in [-0.2, -0.15) is 0 Å². The Hall–Kier alpha value is -4.07. The molecule has 0 bridgehead atoms. The molecule has 0 radical (unpaired) electrons. The number of rotatable bonds is 9. The van der Waals surface area contributed by atoms with E-state index in [1.54, 1.807) is 26.6 Å². The number of oxazole rings is 1. The van der Waals surface area contributed by atoms with E-state index in [9.17, 15) is 4.79 Å². The quantitative estimate of drug-likeness (QED) is 0.419. The number of hydrogen-bond donors (Lipinski definition) is 1. The minimum atomic E-state index is -0.451. The molecule has 2 aromatic heterocycles. The first-order valence-electron chi connectivity index (χ1n) is 10.6. The molecule has 1 unspecified atom stereocenters. The smallest absolute Gasteiger partial charge is 0.221 e. The van der Waals surface area contributed by atoms with E-state index in [4.69, 9.17) is 13.9 Å². The van der Waals surface area contributed by atoms with Crippen molar-refractivity contribution in [3.05, 3.63) is 84.4 Å². The highest BCUT2D eigenvalue weighted by Crippen LogP contribution is 2.29. The van der Waals surface area contributed by atoms with Gasteiger partial charge in [-0.15, -0.1) is 0 Å². The van der Waals surface area contributed by atoms with Crippen molar-refractivity contribution in [1.29, 1.82) is 0 Å². The van der Waals surface area contributed by atoms with Crippen LogP contribution in [0.2, 0.25) is 0 Å². The Morgan fingerprint density at radius 3 is 2.58 bits per heavy atom. The summed E-state index contributed by atoms with van der Waals surface area (Å²) in [7, 11) is 5.13. The van der Waals surface area contributed by atoms with Crippen LogP contribution >= 0.6 is 0 Å². The maximum absolute atomic E-state index is 12.9. The number of ether oxygens (including phenoxy) is 2. The SMILES string of the molecule is COc1ccc(-c2cnc(CCC(=O)NC(c3ccccc3OC)c3nccn3C)o2)cc1. The molecule has 2 aromatic carbocycles. The summed E-state index contributed by atoms with van der Waals surface area (Å²) in [6, 6.07) is 14.7. The Balaban J connectivity index is 1.45. The first kappa shape index (κ1) is 22.1. The van der Waals surface area contributed by atoms with Crippen LogP contribution in [0.1, 0.15) is 29.7 Å². The molecule has 33 heavy (non-hydrogen) atoms. The van der Waals surface area contributed by atoms with E-state index < -0.39 is 6.04 Å². The largest absolute Gasteiger partial charge is 0.497 e. The Morgan fingerprint density at radius 2 is 1.88 bits per heavy atom. The number of benzene rings is 2. The number of amides is 1. The van der Waals surface area contributed by atoms with Crippen LogP contribution in [-0.2, 0) is 18.3 Å². The summed E-state index contributed by atoms with van der Waals surface area (Å²) in [5.74, 6) is 3.17. The average molecular weight is 447 g/mol. The molecule has 1 N–H and O–H groups in total. The monoisotopic (exact) mass is 446 g/mol. The van der Waals surface area contributed by atoms with Gasteiger partial charge in [0.15, 0.2) is 11.7 Å². The lowest BCUT2D eigenvalue weighted by Crippen LogP contribution is -2.31. The molecule has 0 spiro atoms. The fraction of sp³-hybridized carbons (Fsp3) is 0.240. The van der Waals surface area contributed by atoms with Gasteiger partial charge in [-0.1, -0.05) is 18.2 Å². The number of methoxy groups -OCH3 is 2. The number of nitrogens with zero attached hydrogens (tertiary/aromatic N) is 3. The van der Waals surface area contributed by atoms with Crippen molar-refractivity contribution in [1.82, 2.24) is 19.9 Å². The zero-order chi connectivity index (χ0) is 23.2. The second kappa shape index (κ2) is 10.0. The van der Waals surface area contributed by atoms with E-state index in [0.717, 1.165) is 16.9 Å². The first-order valence-corrected chi connectivity index (χ1v) is 10.6. The number of imidazole rings is 1. The fourth-order valence-corrected chi connectivity index (χ4v) is 3.61. The van der Waals surface area contributed by atoms with Crippen LogP contribution in [0.15, 0.2) is 71.5 Å². The molecule has 4 rings (SSSR count). The molecule has 0 aliphatic carbocycles. The molecule has 0 fully saturated rings. The van der Waals surface area contributed by atoms with Crippen molar-refractivity contribution in [2.24, 2.45) is 7.05 Å². The molecule has 0 saturated carbocycles. The lowest BCUT2D eigenvalue weighted by molar-refractivity contribution is -0.121. The summed E-state index contributed by atoms with van der Waals surface area (Å²) >= 11 is 0. The van der Waals surface area contributed by atoms with Gasteiger partial charge in [0.25, 0.3) is 0 Å². The molecule has 4 aromatic rings. The number of nitrogens with one attached hydrogen (secondary N) is 1. The third-order valence-corrected chi connectivity index (χ3v) is 5.37. The molecule has 2 heterocycles. The van der Waals surface area contributed by atoms with Gasteiger partial charge < -0.3 is 23.8 Å². The second-order valence-corrected chi connectivity index (χ2v) is 7.49. The van der Waals surface area contributed by atoms with E-state index in [1.165, 1.54) is 0 Å². The van der Waals surface area contributed by atoms with Crippen LogP contribution < -0.4 is 14.8 Å². The number of carbonyl (C=O) groups is 1. The second-order valence-electron chi connectivity index (χ2n) is 7.49. The van der Waals surface area contributed by atoms with Gasteiger partial charge in [-0.05, 0) is 30.3 Å². The number of aryl methyl sites for hydroxylation is 2. The summed E-state index contributed by atoms with van der Waals surface area (Å²) < 4.78 is 18.4. The highest BCUT2D eigenvalue weighted by molar-refractivity contribution is 5.77. The third-order valence-electron chi connectivity index (χ3n) is 5.37. The van der Waals surface area contributed by atoms with Gasteiger partial charge in [0, 0.05) is 43.4 Å². The Bertz CT molecular complexity index is 1210. The minimum absolute atomic E-state index is 0.141. The molecule has 0 aliphatic rings. The van der Waals surface area contributed by atoms with Gasteiger partial charge in [0.2, 0.25) is 5.91 Å².